The van der Waals surface area contributed by atoms with Gasteiger partial charge in [0.05, 0.1) is 17.9 Å². The first-order chi connectivity index (χ1) is 18.5. The van der Waals surface area contributed by atoms with Crippen molar-refractivity contribution in [3.63, 3.8) is 0 Å². The second-order valence-electron chi connectivity index (χ2n) is 8.58. The Morgan fingerprint density at radius 2 is 2.13 bits per heavy atom. The maximum absolute atomic E-state index is 13.1. The molecule has 14 nitrogen and oxygen atoms in total. The average Bonchev–Trinajstić information content (AvgIpc) is 3.48. The molecule has 2 atom stereocenters. The molecule has 0 spiro atoms. The van der Waals surface area contributed by atoms with Gasteiger partial charge in [0.15, 0.2) is 24.9 Å². The minimum absolute atomic E-state index is 0.110. The first-order valence-electron chi connectivity index (χ1n) is 11.2. The van der Waals surface area contributed by atoms with Crippen molar-refractivity contribution in [1.29, 1.82) is 0 Å². The summed E-state index contributed by atoms with van der Waals surface area (Å²) in [6.45, 7) is 0.217. The summed E-state index contributed by atoms with van der Waals surface area (Å²) in [6.07, 6.45) is 6.42. The number of thioether (sulfide) groups is 1. The number of hydrogen-bond donors (Lipinski definition) is 2. The highest BCUT2D eigenvalue weighted by atomic mass is 32.2. The van der Waals surface area contributed by atoms with E-state index in [1.807, 2.05) is 39.6 Å². The van der Waals surface area contributed by atoms with Crippen LogP contribution in [0.4, 0.5) is 5.13 Å². The third kappa shape index (κ3) is 4.72. The number of imidazole rings is 1. The summed E-state index contributed by atoms with van der Waals surface area (Å²) in [5, 5.41) is 17.4. The number of carboxylic acids is 1. The van der Waals surface area contributed by atoms with Crippen molar-refractivity contribution in [1.82, 2.24) is 19.6 Å². The molecule has 0 unspecified atom stereocenters. The van der Waals surface area contributed by atoms with Gasteiger partial charge in [-0.05, 0) is 6.07 Å². The average molecular weight is 592 g/mol. The molecule has 2 aliphatic rings. The van der Waals surface area contributed by atoms with Crippen LogP contribution in [0.3, 0.4) is 0 Å². The van der Waals surface area contributed by atoms with E-state index in [0.717, 1.165) is 23.9 Å². The van der Waals surface area contributed by atoms with Gasteiger partial charge >= 0.3 is 0 Å². The van der Waals surface area contributed by atoms with Crippen molar-refractivity contribution in [2.45, 2.75) is 22.2 Å². The molecule has 0 saturated carbocycles. The molecule has 0 radical (unpaired) electrons. The van der Waals surface area contributed by atoms with Crippen molar-refractivity contribution in [3.8, 4) is 0 Å². The number of thiazole rings is 1. The monoisotopic (exact) mass is 591 g/mol. The third-order valence-electron chi connectivity index (χ3n) is 6.03. The third-order valence-corrected chi connectivity index (χ3v) is 10.1. The van der Waals surface area contributed by atoms with E-state index in [9.17, 15) is 27.9 Å². The molecule has 5 heterocycles. The number of pyridine rings is 1. The van der Waals surface area contributed by atoms with E-state index in [1.54, 1.807) is 6.20 Å². The van der Waals surface area contributed by atoms with E-state index in [0.29, 0.717) is 16.9 Å². The number of carboxylic acid groups (broad SMARTS) is 1. The van der Waals surface area contributed by atoms with E-state index in [4.69, 9.17) is 10.6 Å². The molecule has 1 fully saturated rings. The summed E-state index contributed by atoms with van der Waals surface area (Å²) in [6, 6.07) is 4.49. The van der Waals surface area contributed by atoms with Crippen LogP contribution in [0, 0.1) is 0 Å². The summed E-state index contributed by atoms with van der Waals surface area (Å²) in [4.78, 5) is 48.1. The molecule has 2 aliphatic heterocycles. The number of β-lactam (4-membered cyclic amide) rings is 1. The largest absolute Gasteiger partial charge is 0.543 e. The van der Waals surface area contributed by atoms with Crippen LogP contribution in [0.1, 0.15) is 5.69 Å². The summed E-state index contributed by atoms with van der Waals surface area (Å²) in [7, 11) is -2.67. The van der Waals surface area contributed by atoms with Gasteiger partial charge in [-0.25, -0.2) is 22.4 Å². The molecule has 0 bridgehead atoms. The number of nitrogens with zero attached hydrogens (tertiary/aromatic N) is 5. The Hall–Kier alpha value is -3.96. The van der Waals surface area contributed by atoms with Crippen LogP contribution in [-0.4, -0.2) is 76.7 Å². The minimum Gasteiger partial charge on any atom is -0.543 e. The van der Waals surface area contributed by atoms with Crippen molar-refractivity contribution < 1.29 is 37.3 Å². The zero-order valence-electron chi connectivity index (χ0n) is 20.4. The lowest BCUT2D eigenvalue weighted by Crippen LogP contribution is -2.71. The molecule has 204 valence electrons. The molecular weight excluding hydrogens is 570 g/mol. The van der Waals surface area contributed by atoms with E-state index < -0.39 is 44.7 Å². The van der Waals surface area contributed by atoms with Crippen LogP contribution in [0.2, 0.25) is 0 Å². The zero-order chi connectivity index (χ0) is 28.1. The topological polar surface area (TPSA) is 192 Å². The lowest BCUT2D eigenvalue weighted by atomic mass is 10.0. The van der Waals surface area contributed by atoms with E-state index in [1.165, 1.54) is 11.8 Å². The molecule has 3 aromatic heterocycles. The number of carbonyl (C=O) groups excluding carboxylic acids is 3. The van der Waals surface area contributed by atoms with Gasteiger partial charge in [-0.3, -0.25) is 14.5 Å². The van der Waals surface area contributed by atoms with E-state index >= 15 is 0 Å². The maximum Gasteiger partial charge on any atom is 0.286 e. The number of oxime groups is 1. The molecule has 3 N–H and O–H groups in total. The molecular formula is C22H21N7O7S3. The summed E-state index contributed by atoms with van der Waals surface area (Å²) in [5.74, 6) is -2.84. The van der Waals surface area contributed by atoms with Gasteiger partial charge < -0.3 is 25.8 Å². The number of fused-ring (bicyclic) bond motifs is 2. The number of carbonyl (C=O) groups is 3. The predicted octanol–water partition coefficient (Wildman–Crippen LogP) is -1.88. The quantitative estimate of drug-likeness (QED) is 0.130. The minimum atomic E-state index is -3.82. The Morgan fingerprint density at radius 3 is 2.82 bits per heavy atom. The maximum atomic E-state index is 13.1. The first kappa shape index (κ1) is 26.6. The lowest BCUT2D eigenvalue weighted by Gasteiger charge is -2.50. The smallest absolute Gasteiger partial charge is 0.286 e. The first-order valence-corrected chi connectivity index (χ1v) is 15.0. The highest BCUT2D eigenvalue weighted by Crippen LogP contribution is 2.40. The number of aliphatic carboxylic acids is 1. The van der Waals surface area contributed by atoms with Gasteiger partial charge in [0.1, 0.15) is 43.2 Å². The number of nitrogen functional groups attached to an aromatic ring is 1. The number of aromatic nitrogens is 3. The van der Waals surface area contributed by atoms with Crippen LogP contribution in [-0.2, 0) is 35.6 Å². The number of rotatable bonds is 8. The van der Waals surface area contributed by atoms with Crippen LogP contribution in [0.25, 0.3) is 5.65 Å². The highest BCUT2D eigenvalue weighted by Gasteiger charge is 2.53. The Bertz CT molecular complexity index is 1690. The van der Waals surface area contributed by atoms with Crippen LogP contribution >= 0.6 is 23.1 Å². The molecule has 17 heteroatoms. The van der Waals surface area contributed by atoms with Crippen molar-refractivity contribution in [3.05, 3.63) is 53.8 Å². The van der Waals surface area contributed by atoms with Crippen molar-refractivity contribution >= 4 is 67.2 Å². The Kier molecular flexibility index (Phi) is 6.81. The lowest BCUT2D eigenvalue weighted by molar-refractivity contribution is -0.662. The van der Waals surface area contributed by atoms with Crippen LogP contribution in [0.5, 0.6) is 0 Å². The molecule has 39 heavy (non-hydrogen) atoms. The predicted molar refractivity (Wildman–Crippen MR) is 138 cm³/mol. The fourth-order valence-corrected chi connectivity index (χ4v) is 7.65. The molecule has 3 aromatic rings. The Balaban J connectivity index is 1.40. The molecule has 1 saturated heterocycles. The molecule has 0 aliphatic carbocycles. The van der Waals surface area contributed by atoms with Crippen molar-refractivity contribution in [2.24, 2.45) is 5.16 Å². The summed E-state index contributed by atoms with van der Waals surface area (Å²) in [5.41, 5.74) is 5.94. The number of amides is 2. The normalized spacial score (nSPS) is 19.6. The number of sulfone groups is 1. The SMILES string of the molecule is CO/N=C(\C(=O)N[C@@H]1C(=O)N2C(C(=O)[O-])=C(C[n+]3ccn4ccccc43)CS[C@H]12)c1nc(N)sc1S(C)(=O)=O. The van der Waals surface area contributed by atoms with Crippen LogP contribution < -0.4 is 20.7 Å². The summed E-state index contributed by atoms with van der Waals surface area (Å²) >= 11 is 1.93. The second kappa shape index (κ2) is 9.97. The zero-order valence-corrected chi connectivity index (χ0v) is 22.9. The van der Waals surface area contributed by atoms with Crippen LogP contribution in [0.15, 0.2) is 57.4 Å². The fourth-order valence-electron chi connectivity index (χ4n) is 4.39. The van der Waals surface area contributed by atoms with Crippen molar-refractivity contribution in [2.75, 3.05) is 24.9 Å². The highest BCUT2D eigenvalue weighted by molar-refractivity contribution is 8.00. The standard InChI is InChI=1S/C22H21N7O7S3/c1-36-26-13(14-21(39(2,34)35)38-22(23)25-14)17(30)24-15-18(31)29-16(20(32)33)11(10-37-19(15)29)9-28-8-7-27-6-4-3-5-12(27)28/h3-8,15,19H,9-10H2,1-2H3,(H3-,23,24,25,30,32,33)/b26-13-/t15-,19-/m1/s1. The molecule has 0 aromatic carbocycles. The van der Waals surface area contributed by atoms with Gasteiger partial charge in [-0.1, -0.05) is 22.6 Å². The summed E-state index contributed by atoms with van der Waals surface area (Å²) < 4.78 is 27.8. The number of anilines is 1. The Morgan fingerprint density at radius 1 is 1.36 bits per heavy atom. The van der Waals surface area contributed by atoms with Gasteiger partial charge in [0.25, 0.3) is 17.5 Å². The molecule has 5 rings (SSSR count). The Labute approximate surface area is 229 Å². The van der Waals surface area contributed by atoms with Gasteiger partial charge in [0, 0.05) is 23.6 Å². The van der Waals surface area contributed by atoms with Gasteiger partial charge in [0.2, 0.25) is 0 Å². The number of nitrogens with two attached hydrogens (primary N) is 1. The van der Waals surface area contributed by atoms with E-state index in [-0.39, 0.29) is 33.0 Å². The van der Waals surface area contributed by atoms with E-state index in [2.05, 4.69) is 15.5 Å². The second-order valence-corrected chi connectivity index (χ2v) is 12.9. The number of nitrogens with one attached hydrogen (secondary N) is 1. The van der Waals surface area contributed by atoms with Gasteiger partial charge in [-0.2, -0.15) is 0 Å². The number of hydrogen-bond acceptors (Lipinski definition) is 12. The fraction of sp³-hybridized carbons (Fsp3) is 0.273. The van der Waals surface area contributed by atoms with Gasteiger partial charge in [-0.15, -0.1) is 11.8 Å². The molecule has 2 amide bonds.